The molecule has 0 aliphatic rings. The predicted octanol–water partition coefficient (Wildman–Crippen LogP) is 4.01. The van der Waals surface area contributed by atoms with E-state index in [9.17, 15) is 4.79 Å². The Bertz CT molecular complexity index is 926. The average Bonchev–Trinajstić information content (AvgIpc) is 2.75. The normalized spacial score (nSPS) is 10.2. The maximum Gasteiger partial charge on any atom is 0.257 e. The highest BCUT2D eigenvalue weighted by Gasteiger charge is 2.10. The lowest BCUT2D eigenvalue weighted by Crippen LogP contribution is -2.14. The summed E-state index contributed by atoms with van der Waals surface area (Å²) in [5, 5.41) is 6.16. The minimum atomic E-state index is -0.240. The number of anilines is 2. The molecule has 1 aromatic heterocycles. The van der Waals surface area contributed by atoms with E-state index in [1.165, 1.54) is 5.56 Å². The van der Waals surface area contributed by atoms with E-state index in [2.05, 4.69) is 15.6 Å². The van der Waals surface area contributed by atoms with Crippen LogP contribution >= 0.6 is 0 Å². The Hall–Kier alpha value is -3.54. The van der Waals surface area contributed by atoms with Gasteiger partial charge in [-0.1, -0.05) is 24.3 Å². The fourth-order valence-corrected chi connectivity index (χ4v) is 2.75. The number of nitrogens with zero attached hydrogens (tertiary/aromatic N) is 1. The van der Waals surface area contributed by atoms with E-state index < -0.39 is 0 Å². The lowest BCUT2D eigenvalue weighted by molar-refractivity contribution is 0.102. The maximum absolute atomic E-state index is 12.5. The largest absolute Gasteiger partial charge is 0.497 e. The van der Waals surface area contributed by atoms with Crippen molar-refractivity contribution in [3.8, 4) is 11.5 Å². The Morgan fingerprint density at radius 2 is 1.79 bits per heavy atom. The van der Waals surface area contributed by atoms with Crippen molar-refractivity contribution in [2.45, 2.75) is 6.42 Å². The molecule has 28 heavy (non-hydrogen) atoms. The van der Waals surface area contributed by atoms with E-state index in [1.807, 2.05) is 36.4 Å². The molecule has 0 saturated heterocycles. The van der Waals surface area contributed by atoms with Gasteiger partial charge in [0.2, 0.25) is 0 Å². The van der Waals surface area contributed by atoms with Crippen molar-refractivity contribution >= 4 is 17.3 Å². The summed E-state index contributed by atoms with van der Waals surface area (Å²) >= 11 is 0. The number of amides is 1. The van der Waals surface area contributed by atoms with Crippen LogP contribution < -0.4 is 20.1 Å². The Labute approximate surface area is 164 Å². The Morgan fingerprint density at radius 1 is 1.00 bits per heavy atom. The summed E-state index contributed by atoms with van der Waals surface area (Å²) < 4.78 is 10.4. The van der Waals surface area contributed by atoms with Crippen molar-refractivity contribution in [1.82, 2.24) is 4.98 Å². The number of benzene rings is 2. The fourth-order valence-electron chi connectivity index (χ4n) is 2.75. The molecule has 0 aliphatic carbocycles. The zero-order valence-corrected chi connectivity index (χ0v) is 15.9. The number of nitrogens with one attached hydrogen (secondary N) is 2. The van der Waals surface area contributed by atoms with Gasteiger partial charge in [0.25, 0.3) is 5.91 Å². The molecule has 0 fully saturated rings. The van der Waals surface area contributed by atoms with E-state index in [0.29, 0.717) is 17.0 Å². The number of rotatable bonds is 8. The van der Waals surface area contributed by atoms with Gasteiger partial charge in [-0.3, -0.25) is 9.78 Å². The minimum absolute atomic E-state index is 0.240. The summed E-state index contributed by atoms with van der Waals surface area (Å²) in [5.41, 5.74) is 3.08. The summed E-state index contributed by atoms with van der Waals surface area (Å²) in [5.74, 6) is 1.21. The van der Waals surface area contributed by atoms with Crippen LogP contribution in [0.1, 0.15) is 15.9 Å². The third-order valence-electron chi connectivity index (χ3n) is 4.26. The smallest absolute Gasteiger partial charge is 0.257 e. The molecule has 3 rings (SSSR count). The lowest BCUT2D eigenvalue weighted by Gasteiger charge is -2.11. The molecule has 0 aliphatic heterocycles. The van der Waals surface area contributed by atoms with Crippen LogP contribution in [0.3, 0.4) is 0 Å². The fraction of sp³-hybridized carbons (Fsp3) is 0.182. The number of hydrogen-bond acceptors (Lipinski definition) is 5. The molecule has 0 atom stereocenters. The molecule has 0 unspecified atom stereocenters. The number of pyridine rings is 1. The molecular formula is C22H23N3O3. The molecule has 0 spiro atoms. The van der Waals surface area contributed by atoms with E-state index in [0.717, 1.165) is 24.4 Å². The summed E-state index contributed by atoms with van der Waals surface area (Å²) in [6.07, 6.45) is 4.09. The van der Waals surface area contributed by atoms with Crippen LogP contribution in [0.15, 0.2) is 67.0 Å². The van der Waals surface area contributed by atoms with Crippen molar-refractivity contribution in [1.29, 1.82) is 0 Å². The Kier molecular flexibility index (Phi) is 6.46. The van der Waals surface area contributed by atoms with E-state index >= 15 is 0 Å². The van der Waals surface area contributed by atoms with Gasteiger partial charge in [0, 0.05) is 18.9 Å². The summed E-state index contributed by atoms with van der Waals surface area (Å²) in [6, 6.07) is 17.0. The molecule has 0 bridgehead atoms. The third-order valence-corrected chi connectivity index (χ3v) is 4.26. The van der Waals surface area contributed by atoms with Crippen molar-refractivity contribution in [3.63, 3.8) is 0 Å². The van der Waals surface area contributed by atoms with E-state index in [-0.39, 0.29) is 5.91 Å². The quantitative estimate of drug-likeness (QED) is 0.621. The molecule has 0 radical (unpaired) electrons. The van der Waals surface area contributed by atoms with Gasteiger partial charge >= 0.3 is 0 Å². The average molecular weight is 377 g/mol. The van der Waals surface area contributed by atoms with Crippen molar-refractivity contribution in [3.05, 3.63) is 78.1 Å². The van der Waals surface area contributed by atoms with Crippen LogP contribution in [0.4, 0.5) is 11.4 Å². The van der Waals surface area contributed by atoms with Crippen molar-refractivity contribution in [2.24, 2.45) is 0 Å². The number of carbonyl (C=O) groups is 1. The second-order valence-corrected chi connectivity index (χ2v) is 6.14. The monoisotopic (exact) mass is 377 g/mol. The van der Waals surface area contributed by atoms with Gasteiger partial charge < -0.3 is 20.1 Å². The molecule has 2 N–H and O–H groups in total. The first-order chi connectivity index (χ1) is 13.7. The summed E-state index contributed by atoms with van der Waals surface area (Å²) in [4.78, 5) is 16.7. The topological polar surface area (TPSA) is 72.5 Å². The summed E-state index contributed by atoms with van der Waals surface area (Å²) in [6.45, 7) is 0.728. The number of carbonyl (C=O) groups excluding carboxylic acids is 1. The van der Waals surface area contributed by atoms with Gasteiger partial charge in [-0.05, 0) is 42.3 Å². The van der Waals surface area contributed by atoms with E-state index in [4.69, 9.17) is 9.47 Å². The molecule has 3 aromatic rings. The molecular weight excluding hydrogens is 354 g/mol. The molecule has 144 valence electrons. The number of hydrogen-bond donors (Lipinski definition) is 2. The predicted molar refractivity (Wildman–Crippen MR) is 110 cm³/mol. The van der Waals surface area contributed by atoms with Gasteiger partial charge in [-0.25, -0.2) is 0 Å². The summed E-state index contributed by atoms with van der Waals surface area (Å²) in [7, 11) is 3.22. The molecule has 1 heterocycles. The van der Waals surface area contributed by atoms with Gasteiger partial charge in [0.1, 0.15) is 11.5 Å². The SMILES string of the molecule is COc1ccc(CCNc2cncc(C(=O)Nc3ccccc3OC)c2)cc1. The number of methoxy groups -OCH3 is 2. The van der Waals surface area contributed by atoms with Gasteiger partial charge in [-0.15, -0.1) is 0 Å². The number of para-hydroxylation sites is 2. The van der Waals surface area contributed by atoms with Crippen LogP contribution in [0.5, 0.6) is 11.5 Å². The highest BCUT2D eigenvalue weighted by Crippen LogP contribution is 2.24. The zero-order chi connectivity index (χ0) is 19.8. The van der Waals surface area contributed by atoms with Crippen LogP contribution in [-0.2, 0) is 6.42 Å². The first-order valence-electron chi connectivity index (χ1n) is 8.96. The van der Waals surface area contributed by atoms with Gasteiger partial charge in [-0.2, -0.15) is 0 Å². The van der Waals surface area contributed by atoms with Crippen LogP contribution in [0.2, 0.25) is 0 Å². The second kappa shape index (κ2) is 9.41. The molecule has 1 amide bonds. The first-order valence-corrected chi connectivity index (χ1v) is 8.96. The van der Waals surface area contributed by atoms with Gasteiger partial charge in [0.15, 0.2) is 0 Å². The third kappa shape index (κ3) is 5.01. The van der Waals surface area contributed by atoms with Crippen LogP contribution in [0, 0.1) is 0 Å². The van der Waals surface area contributed by atoms with Gasteiger partial charge in [0.05, 0.1) is 31.2 Å². The van der Waals surface area contributed by atoms with Crippen molar-refractivity contribution < 1.29 is 14.3 Å². The first kappa shape index (κ1) is 19.2. The highest BCUT2D eigenvalue weighted by atomic mass is 16.5. The molecule has 6 heteroatoms. The van der Waals surface area contributed by atoms with Crippen molar-refractivity contribution in [2.75, 3.05) is 31.4 Å². The minimum Gasteiger partial charge on any atom is -0.497 e. The van der Waals surface area contributed by atoms with Crippen LogP contribution in [-0.4, -0.2) is 31.7 Å². The number of aromatic nitrogens is 1. The lowest BCUT2D eigenvalue weighted by atomic mass is 10.1. The number of ether oxygens (including phenoxy) is 2. The van der Waals surface area contributed by atoms with E-state index in [1.54, 1.807) is 44.8 Å². The standard InChI is InChI=1S/C22H23N3O3/c1-27-19-9-7-16(8-10-19)11-12-24-18-13-17(14-23-15-18)22(26)25-20-5-3-4-6-21(20)28-2/h3-10,13-15,24H,11-12H2,1-2H3,(H,25,26). The molecule has 6 nitrogen and oxygen atoms in total. The molecule has 0 saturated carbocycles. The Morgan fingerprint density at radius 3 is 2.54 bits per heavy atom. The molecule has 2 aromatic carbocycles. The second-order valence-electron chi connectivity index (χ2n) is 6.14. The zero-order valence-electron chi connectivity index (χ0n) is 15.9. The highest BCUT2D eigenvalue weighted by molar-refractivity contribution is 6.05. The Balaban J connectivity index is 1.59. The van der Waals surface area contributed by atoms with Crippen LogP contribution in [0.25, 0.3) is 0 Å². The maximum atomic E-state index is 12.5.